The number of hydrogen-bond donors (Lipinski definition) is 3. The molecule has 1 rings (SSSR count). The average Bonchev–Trinajstić information content (AvgIpc) is 2.76. The number of halogens is 1. The van der Waals surface area contributed by atoms with E-state index in [1.54, 1.807) is 19.9 Å². The molecule has 6 nitrogen and oxygen atoms in total. The maximum absolute atomic E-state index is 12.4. The molecule has 4 N–H and O–H groups in total. The van der Waals surface area contributed by atoms with Crippen molar-refractivity contribution in [1.29, 1.82) is 0 Å². The lowest BCUT2D eigenvalue weighted by Crippen LogP contribution is -2.56. The minimum absolute atomic E-state index is 0.140. The quantitative estimate of drug-likeness (QED) is 0.303. The molecule has 0 aromatic carbocycles. The van der Waals surface area contributed by atoms with Crippen LogP contribution in [0.25, 0.3) is 0 Å². The highest BCUT2D eigenvalue weighted by Crippen LogP contribution is 2.31. The van der Waals surface area contributed by atoms with Crippen LogP contribution in [0.3, 0.4) is 0 Å². The van der Waals surface area contributed by atoms with Crippen LogP contribution in [0.4, 0.5) is 0 Å². The van der Waals surface area contributed by atoms with Crippen molar-refractivity contribution in [3.63, 3.8) is 0 Å². The molecule has 0 atom stereocenters. The van der Waals surface area contributed by atoms with E-state index in [0.717, 1.165) is 20.7 Å². The molecule has 20 heavy (non-hydrogen) atoms. The molecular formula is C11H18BrN3O3S2. The second-order valence-electron chi connectivity index (χ2n) is 4.40. The van der Waals surface area contributed by atoms with Crippen molar-refractivity contribution >= 4 is 43.1 Å². The van der Waals surface area contributed by atoms with E-state index in [4.69, 9.17) is 10.9 Å². The lowest BCUT2D eigenvalue weighted by atomic mass is 9.93. The first-order valence-corrected chi connectivity index (χ1v) is 9.09. The Morgan fingerprint density at radius 1 is 1.55 bits per heavy atom. The number of nitrogens with two attached hydrogens (primary N) is 1. The van der Waals surface area contributed by atoms with Crippen molar-refractivity contribution in [3.05, 3.63) is 15.4 Å². The van der Waals surface area contributed by atoms with Gasteiger partial charge in [-0.15, -0.1) is 11.3 Å². The molecule has 0 bridgehead atoms. The highest BCUT2D eigenvalue weighted by molar-refractivity contribution is 9.11. The van der Waals surface area contributed by atoms with Crippen LogP contribution in [0, 0.1) is 6.92 Å². The Kier molecular flexibility index (Phi) is 5.59. The lowest BCUT2D eigenvalue weighted by molar-refractivity contribution is 0.307. The first kappa shape index (κ1) is 17.4. The Hall–Kier alpha value is -0.640. The van der Waals surface area contributed by atoms with E-state index in [-0.39, 0.29) is 10.0 Å². The molecule has 0 saturated heterocycles. The van der Waals surface area contributed by atoms with Crippen LogP contribution in [-0.4, -0.2) is 25.0 Å². The van der Waals surface area contributed by atoms with Crippen molar-refractivity contribution < 1.29 is 13.6 Å². The number of nitrogens with one attached hydrogen (secondary N) is 1. The zero-order chi connectivity index (χ0) is 15.6. The zero-order valence-electron chi connectivity index (χ0n) is 11.5. The number of amidine groups is 1. The smallest absolute Gasteiger partial charge is 0.251 e. The van der Waals surface area contributed by atoms with E-state index in [0.29, 0.717) is 12.8 Å². The summed E-state index contributed by atoms with van der Waals surface area (Å²) in [4.78, 5) is 0. The Labute approximate surface area is 131 Å². The molecule has 0 saturated carbocycles. The Bertz CT molecular complexity index is 587. The molecule has 1 aromatic heterocycles. The number of oxime groups is 1. The maximum atomic E-state index is 12.4. The number of sulfonamides is 1. The van der Waals surface area contributed by atoms with Crippen molar-refractivity contribution in [2.45, 2.75) is 43.4 Å². The Balaban J connectivity index is 3.22. The molecule has 114 valence electrons. The monoisotopic (exact) mass is 383 g/mol. The zero-order valence-corrected chi connectivity index (χ0v) is 14.7. The standard InChI is InChI=1S/C11H18BrN3O3S2/c1-4-11(5-2,10(13)14-16)15-20(17,18)8-6-7(3)9(12)19-8/h6,15-16H,4-5H2,1-3H3,(H2,13,14). The second kappa shape index (κ2) is 6.42. The summed E-state index contributed by atoms with van der Waals surface area (Å²) in [6.45, 7) is 5.37. The molecule has 0 unspecified atom stereocenters. The van der Waals surface area contributed by atoms with Crippen LogP contribution in [0.15, 0.2) is 19.2 Å². The van der Waals surface area contributed by atoms with Crippen LogP contribution in [0.1, 0.15) is 32.3 Å². The van der Waals surface area contributed by atoms with Crippen LogP contribution in [0.5, 0.6) is 0 Å². The van der Waals surface area contributed by atoms with E-state index in [2.05, 4.69) is 25.8 Å². The molecule has 0 fully saturated rings. The summed E-state index contributed by atoms with van der Waals surface area (Å²) in [6, 6.07) is 1.58. The molecule has 1 heterocycles. The van der Waals surface area contributed by atoms with E-state index in [1.165, 1.54) is 0 Å². The number of nitrogens with zero attached hydrogens (tertiary/aromatic N) is 1. The fourth-order valence-corrected chi connectivity index (χ4v) is 5.52. The van der Waals surface area contributed by atoms with Crippen molar-refractivity contribution in [2.24, 2.45) is 10.9 Å². The SMILES string of the molecule is CCC(CC)(NS(=O)(=O)c1cc(C)c(Br)s1)C(N)=NO. The molecule has 0 radical (unpaired) electrons. The first-order valence-electron chi connectivity index (χ1n) is 6.00. The predicted molar refractivity (Wildman–Crippen MR) is 83.8 cm³/mol. The third-order valence-corrected chi connectivity index (χ3v) is 7.38. The highest BCUT2D eigenvalue weighted by Gasteiger charge is 2.37. The molecule has 0 aliphatic rings. The highest BCUT2D eigenvalue weighted by atomic mass is 79.9. The molecule has 0 aliphatic heterocycles. The minimum atomic E-state index is -3.73. The Morgan fingerprint density at radius 3 is 2.45 bits per heavy atom. The van der Waals surface area contributed by atoms with Gasteiger partial charge in [0.05, 0.1) is 9.33 Å². The lowest BCUT2D eigenvalue weighted by Gasteiger charge is -2.30. The van der Waals surface area contributed by atoms with E-state index in [1.807, 2.05) is 6.92 Å². The summed E-state index contributed by atoms with van der Waals surface area (Å²) in [6.07, 6.45) is 0.758. The normalized spacial score (nSPS) is 13.7. The fourth-order valence-electron chi connectivity index (χ4n) is 1.78. The molecule has 0 amide bonds. The van der Waals surface area contributed by atoms with Gasteiger partial charge in [0.25, 0.3) is 10.0 Å². The van der Waals surface area contributed by atoms with Gasteiger partial charge in [0.15, 0.2) is 5.84 Å². The summed E-state index contributed by atoms with van der Waals surface area (Å²) in [5.74, 6) is -0.140. The summed E-state index contributed by atoms with van der Waals surface area (Å²) >= 11 is 4.43. The largest absolute Gasteiger partial charge is 0.409 e. The van der Waals surface area contributed by atoms with Crippen molar-refractivity contribution in [3.8, 4) is 0 Å². The number of rotatable bonds is 6. The average molecular weight is 384 g/mol. The van der Waals surface area contributed by atoms with Gasteiger partial charge in [-0.1, -0.05) is 19.0 Å². The van der Waals surface area contributed by atoms with Crippen LogP contribution < -0.4 is 10.5 Å². The molecule has 9 heteroatoms. The van der Waals surface area contributed by atoms with E-state index < -0.39 is 15.6 Å². The van der Waals surface area contributed by atoms with Gasteiger partial charge in [0, 0.05) is 0 Å². The minimum Gasteiger partial charge on any atom is -0.409 e. The van der Waals surface area contributed by atoms with Crippen molar-refractivity contribution in [1.82, 2.24) is 4.72 Å². The predicted octanol–water partition coefficient (Wildman–Crippen LogP) is 2.40. The second-order valence-corrected chi connectivity index (χ2v) is 8.68. The summed E-state index contributed by atoms with van der Waals surface area (Å²) in [5.41, 5.74) is 5.42. The first-order chi connectivity index (χ1) is 9.22. The van der Waals surface area contributed by atoms with Gasteiger partial charge in [-0.3, -0.25) is 0 Å². The third kappa shape index (κ3) is 3.33. The van der Waals surface area contributed by atoms with Gasteiger partial charge < -0.3 is 10.9 Å². The van der Waals surface area contributed by atoms with Crippen LogP contribution >= 0.6 is 27.3 Å². The maximum Gasteiger partial charge on any atom is 0.251 e. The number of hydrogen-bond acceptors (Lipinski definition) is 5. The van der Waals surface area contributed by atoms with Crippen LogP contribution in [-0.2, 0) is 10.0 Å². The van der Waals surface area contributed by atoms with Gasteiger partial charge in [0.1, 0.15) is 4.21 Å². The Morgan fingerprint density at radius 2 is 2.10 bits per heavy atom. The molecule has 1 aromatic rings. The summed E-state index contributed by atoms with van der Waals surface area (Å²) in [5, 5.41) is 11.8. The van der Waals surface area contributed by atoms with Gasteiger partial charge in [-0.25, -0.2) is 8.42 Å². The van der Waals surface area contributed by atoms with E-state index in [9.17, 15) is 8.42 Å². The number of thiophene rings is 1. The van der Waals surface area contributed by atoms with Crippen molar-refractivity contribution in [2.75, 3.05) is 0 Å². The number of aryl methyl sites for hydroxylation is 1. The van der Waals surface area contributed by atoms with Crippen LogP contribution in [0.2, 0.25) is 0 Å². The topological polar surface area (TPSA) is 105 Å². The van der Waals surface area contributed by atoms with Gasteiger partial charge in [0.2, 0.25) is 0 Å². The summed E-state index contributed by atoms with van der Waals surface area (Å²) in [7, 11) is -3.73. The molecule has 0 spiro atoms. The van der Waals surface area contributed by atoms with Gasteiger partial charge in [-0.05, 0) is 47.3 Å². The van der Waals surface area contributed by atoms with Gasteiger partial charge in [-0.2, -0.15) is 4.72 Å². The van der Waals surface area contributed by atoms with Gasteiger partial charge >= 0.3 is 0 Å². The third-order valence-electron chi connectivity index (χ3n) is 3.23. The van der Waals surface area contributed by atoms with E-state index >= 15 is 0 Å². The molecular weight excluding hydrogens is 366 g/mol. The molecule has 0 aliphatic carbocycles. The summed E-state index contributed by atoms with van der Waals surface area (Å²) < 4.78 is 28.4. The fraction of sp³-hybridized carbons (Fsp3) is 0.545.